The maximum Gasteiger partial charge on any atom is 0.246 e. The predicted molar refractivity (Wildman–Crippen MR) is 134 cm³/mol. The van der Waals surface area contributed by atoms with Crippen molar-refractivity contribution in [3.8, 4) is 11.5 Å². The molecule has 1 N–H and O–H groups in total. The lowest BCUT2D eigenvalue weighted by Crippen LogP contribution is -2.50. The van der Waals surface area contributed by atoms with E-state index < -0.39 is 0 Å². The molecular formula is C26H30ClN3O4. The number of halogens is 1. The second-order valence-corrected chi connectivity index (χ2v) is 9.04. The van der Waals surface area contributed by atoms with Crippen molar-refractivity contribution in [1.29, 1.82) is 0 Å². The van der Waals surface area contributed by atoms with Gasteiger partial charge in [0.2, 0.25) is 11.8 Å². The maximum absolute atomic E-state index is 12.7. The van der Waals surface area contributed by atoms with Crippen molar-refractivity contribution in [3.63, 3.8) is 0 Å². The molecule has 0 radical (unpaired) electrons. The zero-order chi connectivity index (χ0) is 24.1. The fourth-order valence-corrected chi connectivity index (χ4v) is 4.41. The van der Waals surface area contributed by atoms with E-state index in [0.717, 1.165) is 28.8 Å². The third-order valence-corrected chi connectivity index (χ3v) is 6.32. The second kappa shape index (κ2) is 10.9. The molecule has 0 bridgehead atoms. The first-order chi connectivity index (χ1) is 16.4. The minimum Gasteiger partial charge on any atom is -0.489 e. The molecule has 0 atom stereocenters. The lowest BCUT2D eigenvalue weighted by atomic mass is 10.1. The molecule has 180 valence electrons. The predicted octanol–water partition coefficient (Wildman–Crippen LogP) is 3.91. The van der Waals surface area contributed by atoms with Crippen LogP contribution in [0.5, 0.6) is 11.5 Å². The molecule has 4 rings (SSSR count). The van der Waals surface area contributed by atoms with Gasteiger partial charge in [-0.2, -0.15) is 0 Å². The molecule has 1 saturated heterocycles. The normalized spacial score (nSPS) is 16.4. The van der Waals surface area contributed by atoms with E-state index in [9.17, 15) is 9.59 Å². The van der Waals surface area contributed by atoms with Crippen LogP contribution in [-0.2, 0) is 9.59 Å². The van der Waals surface area contributed by atoms with Crippen LogP contribution < -0.4 is 14.8 Å². The average molecular weight is 484 g/mol. The number of aryl methyl sites for hydroxylation is 2. The van der Waals surface area contributed by atoms with Crippen LogP contribution in [0, 0.1) is 13.8 Å². The number of benzene rings is 2. The molecule has 7 nitrogen and oxygen atoms in total. The van der Waals surface area contributed by atoms with Crippen LogP contribution in [0.25, 0.3) is 6.08 Å². The number of nitrogens with one attached hydrogen (secondary N) is 1. The summed E-state index contributed by atoms with van der Waals surface area (Å²) in [6.45, 7) is 7.86. The number of piperazine rings is 1. The molecule has 0 spiro atoms. The number of ether oxygens (including phenoxy) is 2. The van der Waals surface area contributed by atoms with Crippen LogP contribution >= 0.6 is 11.6 Å². The number of nitrogens with zero attached hydrogens (tertiary/aromatic N) is 2. The van der Waals surface area contributed by atoms with Gasteiger partial charge in [-0.3, -0.25) is 14.5 Å². The second-order valence-electron chi connectivity index (χ2n) is 8.63. The molecule has 2 aliphatic heterocycles. The van der Waals surface area contributed by atoms with E-state index in [1.54, 1.807) is 23.1 Å². The first kappa shape index (κ1) is 24.1. The van der Waals surface area contributed by atoms with Gasteiger partial charge in [-0.05, 0) is 48.7 Å². The minimum absolute atomic E-state index is 0.0386. The molecule has 2 aromatic rings. The van der Waals surface area contributed by atoms with Gasteiger partial charge in [0.25, 0.3) is 0 Å². The Balaban J connectivity index is 1.28. The highest BCUT2D eigenvalue weighted by molar-refractivity contribution is 6.32. The third kappa shape index (κ3) is 5.90. The summed E-state index contributed by atoms with van der Waals surface area (Å²) in [4.78, 5) is 29.1. The first-order valence-corrected chi connectivity index (χ1v) is 11.9. The summed E-state index contributed by atoms with van der Waals surface area (Å²) in [6.07, 6.45) is 4.10. The van der Waals surface area contributed by atoms with Gasteiger partial charge >= 0.3 is 0 Å². The molecule has 34 heavy (non-hydrogen) atoms. The molecule has 8 heteroatoms. The number of hydrogen-bond donors (Lipinski definition) is 1. The van der Waals surface area contributed by atoms with E-state index in [0.29, 0.717) is 62.5 Å². The third-order valence-electron chi connectivity index (χ3n) is 6.04. The van der Waals surface area contributed by atoms with Crippen LogP contribution in [0.3, 0.4) is 0 Å². The summed E-state index contributed by atoms with van der Waals surface area (Å²) < 4.78 is 11.4. The molecule has 0 aromatic heterocycles. The Bertz CT molecular complexity index is 1070. The Kier molecular flexibility index (Phi) is 7.75. The standard InChI is InChI=1S/C26H30ClN3O4/c1-18-5-3-6-19(2)25(18)28-23(31)17-29-9-11-30(12-10-29)24(32)8-7-20-15-21(27)26-22(16-20)33-13-4-14-34-26/h3,5-8,15-16H,4,9-14,17H2,1-2H3,(H,28,31)/b8-7+. The topological polar surface area (TPSA) is 71.1 Å². The van der Waals surface area contributed by atoms with Gasteiger partial charge in [-0.15, -0.1) is 0 Å². The summed E-state index contributed by atoms with van der Waals surface area (Å²) >= 11 is 6.34. The van der Waals surface area contributed by atoms with Gasteiger partial charge in [-0.25, -0.2) is 0 Å². The van der Waals surface area contributed by atoms with Crippen molar-refractivity contribution < 1.29 is 19.1 Å². The van der Waals surface area contributed by atoms with Crippen molar-refractivity contribution in [2.75, 3.05) is 51.3 Å². The Morgan fingerprint density at radius 3 is 2.50 bits per heavy atom. The summed E-state index contributed by atoms with van der Waals surface area (Å²) in [5.74, 6) is 1.05. The van der Waals surface area contributed by atoms with E-state index in [1.807, 2.05) is 38.1 Å². The number of carbonyl (C=O) groups excluding carboxylic acids is 2. The Morgan fingerprint density at radius 2 is 1.76 bits per heavy atom. The first-order valence-electron chi connectivity index (χ1n) is 11.6. The van der Waals surface area contributed by atoms with Crippen LogP contribution in [0.1, 0.15) is 23.1 Å². The number of rotatable bonds is 5. The van der Waals surface area contributed by atoms with Crippen LogP contribution in [0.2, 0.25) is 5.02 Å². The van der Waals surface area contributed by atoms with Crippen molar-refractivity contribution >= 4 is 35.2 Å². The fraction of sp³-hybridized carbons (Fsp3) is 0.385. The highest BCUT2D eigenvalue weighted by Gasteiger charge is 2.22. The van der Waals surface area contributed by atoms with Crippen LogP contribution in [-0.4, -0.2) is 67.6 Å². The van der Waals surface area contributed by atoms with Gasteiger partial charge in [0.1, 0.15) is 0 Å². The van der Waals surface area contributed by atoms with Gasteiger partial charge in [-0.1, -0.05) is 29.8 Å². The molecule has 2 heterocycles. The summed E-state index contributed by atoms with van der Waals surface area (Å²) in [6, 6.07) is 9.56. The molecule has 2 aliphatic rings. The summed E-state index contributed by atoms with van der Waals surface area (Å²) in [7, 11) is 0. The van der Waals surface area contributed by atoms with Gasteiger partial charge in [0.05, 0.1) is 24.8 Å². The van der Waals surface area contributed by atoms with E-state index in [-0.39, 0.29) is 11.8 Å². The molecule has 2 amide bonds. The van der Waals surface area contributed by atoms with Crippen LogP contribution in [0.15, 0.2) is 36.4 Å². The monoisotopic (exact) mass is 483 g/mol. The highest BCUT2D eigenvalue weighted by Crippen LogP contribution is 2.38. The largest absolute Gasteiger partial charge is 0.489 e. The molecule has 2 aromatic carbocycles. The van der Waals surface area contributed by atoms with Gasteiger partial charge < -0.3 is 19.7 Å². The van der Waals surface area contributed by atoms with E-state index >= 15 is 0 Å². The minimum atomic E-state index is -0.0668. The Hall–Kier alpha value is -3.03. The number of amides is 2. The van der Waals surface area contributed by atoms with Crippen molar-refractivity contribution in [2.24, 2.45) is 0 Å². The molecule has 1 fully saturated rings. The lowest BCUT2D eigenvalue weighted by Gasteiger charge is -2.33. The Morgan fingerprint density at radius 1 is 1.06 bits per heavy atom. The number of carbonyl (C=O) groups is 2. The van der Waals surface area contributed by atoms with E-state index in [2.05, 4.69) is 10.2 Å². The number of anilines is 1. The van der Waals surface area contributed by atoms with E-state index in [4.69, 9.17) is 21.1 Å². The lowest BCUT2D eigenvalue weighted by molar-refractivity contribution is -0.127. The van der Waals surface area contributed by atoms with Crippen molar-refractivity contribution in [2.45, 2.75) is 20.3 Å². The van der Waals surface area contributed by atoms with Crippen molar-refractivity contribution in [3.05, 3.63) is 58.1 Å². The summed E-state index contributed by atoms with van der Waals surface area (Å²) in [5.41, 5.74) is 3.75. The number of para-hydroxylation sites is 1. The van der Waals surface area contributed by atoms with Gasteiger partial charge in [0.15, 0.2) is 11.5 Å². The zero-order valence-corrected chi connectivity index (χ0v) is 20.4. The van der Waals surface area contributed by atoms with Crippen molar-refractivity contribution in [1.82, 2.24) is 9.80 Å². The molecule has 0 unspecified atom stereocenters. The fourth-order valence-electron chi connectivity index (χ4n) is 4.14. The van der Waals surface area contributed by atoms with Crippen LogP contribution in [0.4, 0.5) is 5.69 Å². The average Bonchev–Trinajstić information content (AvgIpc) is 3.06. The number of fused-ring (bicyclic) bond motifs is 1. The molecule has 0 aliphatic carbocycles. The SMILES string of the molecule is Cc1cccc(C)c1NC(=O)CN1CCN(C(=O)/C=C/c2cc(Cl)c3c(c2)OCCCO3)CC1. The smallest absolute Gasteiger partial charge is 0.246 e. The Labute approximate surface area is 205 Å². The van der Waals surface area contributed by atoms with Gasteiger partial charge in [0, 0.05) is 44.4 Å². The molecule has 0 saturated carbocycles. The zero-order valence-electron chi connectivity index (χ0n) is 19.6. The molecular weight excluding hydrogens is 454 g/mol. The summed E-state index contributed by atoms with van der Waals surface area (Å²) in [5, 5.41) is 3.50. The quantitative estimate of drug-likeness (QED) is 0.653. The highest BCUT2D eigenvalue weighted by atomic mass is 35.5. The number of hydrogen-bond acceptors (Lipinski definition) is 5. The maximum atomic E-state index is 12.7. The van der Waals surface area contributed by atoms with E-state index in [1.165, 1.54) is 0 Å².